The summed E-state index contributed by atoms with van der Waals surface area (Å²) in [7, 11) is 1.76. The molecule has 0 aliphatic carbocycles. The van der Waals surface area contributed by atoms with Gasteiger partial charge in [-0.1, -0.05) is 0 Å². The first-order valence-electron chi connectivity index (χ1n) is 9.62. The third-order valence-electron chi connectivity index (χ3n) is 5.12. The fourth-order valence-corrected chi connectivity index (χ4v) is 3.78. The molecule has 0 spiro atoms. The number of hydrogen-bond acceptors (Lipinski definition) is 5. The molecule has 0 unspecified atom stereocenters. The molecule has 1 saturated heterocycles. The zero-order chi connectivity index (χ0) is 20.3. The molecule has 2 N–H and O–H groups in total. The Labute approximate surface area is 164 Å². The molecule has 8 heteroatoms. The molecule has 152 valence electrons. The number of anilines is 1. The summed E-state index contributed by atoms with van der Waals surface area (Å²) in [4.78, 5) is 37.9. The van der Waals surface area contributed by atoms with E-state index in [1.807, 2.05) is 6.92 Å². The van der Waals surface area contributed by atoms with Crippen LogP contribution in [-0.4, -0.2) is 61.1 Å². The van der Waals surface area contributed by atoms with Crippen LogP contribution in [0.3, 0.4) is 0 Å². The molecule has 2 aliphatic rings. The van der Waals surface area contributed by atoms with Crippen molar-refractivity contribution >= 4 is 23.4 Å². The third kappa shape index (κ3) is 4.44. The fourth-order valence-electron chi connectivity index (χ4n) is 3.78. The summed E-state index contributed by atoms with van der Waals surface area (Å²) in [6.45, 7) is 4.19. The van der Waals surface area contributed by atoms with Gasteiger partial charge in [0.2, 0.25) is 11.8 Å². The zero-order valence-corrected chi connectivity index (χ0v) is 16.5. The summed E-state index contributed by atoms with van der Waals surface area (Å²) < 4.78 is 12.0. The molecule has 2 aliphatic heterocycles. The summed E-state index contributed by atoms with van der Waals surface area (Å²) in [6.07, 6.45) is 1.27. The minimum atomic E-state index is -0.301. The number of ether oxygens (including phenoxy) is 2. The van der Waals surface area contributed by atoms with Crippen LogP contribution in [0.1, 0.15) is 43.5 Å². The van der Waals surface area contributed by atoms with Crippen LogP contribution in [0.15, 0.2) is 18.2 Å². The van der Waals surface area contributed by atoms with Gasteiger partial charge < -0.3 is 25.0 Å². The van der Waals surface area contributed by atoms with Gasteiger partial charge in [0.25, 0.3) is 5.91 Å². The van der Waals surface area contributed by atoms with Gasteiger partial charge in [-0.2, -0.15) is 0 Å². The largest absolute Gasteiger partial charge is 0.490 e. The van der Waals surface area contributed by atoms with Crippen molar-refractivity contribution in [3.05, 3.63) is 23.8 Å². The van der Waals surface area contributed by atoms with Crippen LogP contribution in [-0.2, 0) is 14.3 Å². The van der Waals surface area contributed by atoms with Gasteiger partial charge in [0, 0.05) is 26.2 Å². The molecule has 1 aromatic rings. The van der Waals surface area contributed by atoms with Crippen LogP contribution in [0.25, 0.3) is 0 Å². The predicted octanol–water partition coefficient (Wildman–Crippen LogP) is 1.55. The van der Waals surface area contributed by atoms with Gasteiger partial charge in [-0.05, 0) is 38.0 Å². The van der Waals surface area contributed by atoms with Crippen molar-refractivity contribution in [1.29, 1.82) is 0 Å². The fraction of sp³-hybridized carbons (Fsp3) is 0.550. The number of benzene rings is 1. The molecule has 0 saturated carbocycles. The number of carbonyl (C=O) groups excluding carboxylic acids is 3. The highest BCUT2D eigenvalue weighted by molar-refractivity contribution is 5.99. The summed E-state index contributed by atoms with van der Waals surface area (Å²) >= 11 is 0. The molecule has 3 amide bonds. The van der Waals surface area contributed by atoms with Crippen molar-refractivity contribution in [2.75, 3.05) is 25.5 Å². The van der Waals surface area contributed by atoms with Crippen molar-refractivity contribution in [2.24, 2.45) is 0 Å². The van der Waals surface area contributed by atoms with E-state index < -0.39 is 0 Å². The SMILES string of the molecule is CCNC(=O)C[C@@H]1CC[C@@H]2[C@@H](COc3ccc(NC(C)=O)cc3C(=O)N2C)O1. The van der Waals surface area contributed by atoms with Crippen molar-refractivity contribution in [1.82, 2.24) is 10.2 Å². The predicted molar refractivity (Wildman–Crippen MR) is 103 cm³/mol. The first kappa shape index (κ1) is 20.1. The van der Waals surface area contributed by atoms with E-state index in [1.165, 1.54) is 6.92 Å². The van der Waals surface area contributed by atoms with Crippen molar-refractivity contribution < 1.29 is 23.9 Å². The van der Waals surface area contributed by atoms with Gasteiger partial charge in [-0.3, -0.25) is 14.4 Å². The van der Waals surface area contributed by atoms with Crippen LogP contribution in [0.5, 0.6) is 5.75 Å². The van der Waals surface area contributed by atoms with E-state index in [0.717, 1.165) is 6.42 Å². The van der Waals surface area contributed by atoms with Gasteiger partial charge in [0.1, 0.15) is 18.5 Å². The Morgan fingerprint density at radius 2 is 2.07 bits per heavy atom. The topological polar surface area (TPSA) is 97.0 Å². The maximum atomic E-state index is 13.0. The van der Waals surface area contributed by atoms with E-state index in [9.17, 15) is 14.4 Å². The van der Waals surface area contributed by atoms with E-state index in [-0.39, 0.29) is 36.0 Å². The number of likely N-dealkylation sites (N-methyl/N-ethyl adjacent to an activating group) is 1. The monoisotopic (exact) mass is 389 g/mol. The van der Waals surface area contributed by atoms with Crippen molar-refractivity contribution in [3.8, 4) is 5.75 Å². The van der Waals surface area contributed by atoms with Crippen LogP contribution in [0.2, 0.25) is 0 Å². The molecule has 28 heavy (non-hydrogen) atoms. The van der Waals surface area contributed by atoms with Gasteiger partial charge in [0.15, 0.2) is 0 Å². The zero-order valence-electron chi connectivity index (χ0n) is 16.5. The molecule has 1 fully saturated rings. The van der Waals surface area contributed by atoms with E-state index in [0.29, 0.717) is 43.0 Å². The maximum Gasteiger partial charge on any atom is 0.257 e. The van der Waals surface area contributed by atoms with Crippen LogP contribution >= 0.6 is 0 Å². The number of hydrogen-bond donors (Lipinski definition) is 2. The Kier molecular flexibility index (Phi) is 6.18. The molecule has 0 radical (unpaired) electrons. The highest BCUT2D eigenvalue weighted by atomic mass is 16.5. The standard InChI is InChI=1S/C20H27N3O5/c1-4-21-19(25)10-14-6-7-16-18(28-14)11-27-17-8-5-13(22-12(2)24)9-15(17)20(26)23(16)3/h5,8-9,14,16,18H,4,6-7,10-11H2,1-3H3,(H,21,25)(H,22,24)/t14-,16+,18+/m0/s1. The average molecular weight is 389 g/mol. The second-order valence-electron chi connectivity index (χ2n) is 7.22. The molecule has 0 bridgehead atoms. The highest BCUT2D eigenvalue weighted by Crippen LogP contribution is 2.32. The van der Waals surface area contributed by atoms with Crippen molar-refractivity contribution in [2.45, 2.75) is 51.4 Å². The van der Waals surface area contributed by atoms with Crippen LogP contribution in [0, 0.1) is 0 Å². The summed E-state index contributed by atoms with van der Waals surface area (Å²) in [5.41, 5.74) is 0.965. The number of amides is 3. The summed E-state index contributed by atoms with van der Waals surface area (Å²) in [5.74, 6) is 0.0472. The number of carbonyl (C=O) groups is 3. The Bertz CT molecular complexity index is 766. The molecule has 3 rings (SSSR count). The van der Waals surface area contributed by atoms with Crippen LogP contribution < -0.4 is 15.4 Å². The lowest BCUT2D eigenvalue weighted by Crippen LogP contribution is -2.53. The van der Waals surface area contributed by atoms with Crippen molar-refractivity contribution in [3.63, 3.8) is 0 Å². The Morgan fingerprint density at radius 3 is 2.79 bits per heavy atom. The lowest BCUT2D eigenvalue weighted by Gasteiger charge is -2.42. The van der Waals surface area contributed by atoms with Gasteiger partial charge >= 0.3 is 0 Å². The molecule has 3 atom stereocenters. The van der Waals surface area contributed by atoms with Gasteiger partial charge in [0.05, 0.1) is 24.1 Å². The van der Waals surface area contributed by atoms with E-state index in [1.54, 1.807) is 30.1 Å². The van der Waals surface area contributed by atoms with Crippen LogP contribution in [0.4, 0.5) is 5.69 Å². The van der Waals surface area contributed by atoms with E-state index in [4.69, 9.17) is 9.47 Å². The Balaban J connectivity index is 1.77. The minimum Gasteiger partial charge on any atom is -0.490 e. The molecule has 2 heterocycles. The first-order chi connectivity index (χ1) is 13.4. The Hall–Kier alpha value is -2.61. The third-order valence-corrected chi connectivity index (χ3v) is 5.12. The molecular formula is C20H27N3O5. The number of nitrogens with one attached hydrogen (secondary N) is 2. The number of rotatable bonds is 4. The first-order valence-corrected chi connectivity index (χ1v) is 9.62. The minimum absolute atomic E-state index is 0.0296. The number of fused-ring (bicyclic) bond motifs is 2. The second kappa shape index (κ2) is 8.60. The van der Waals surface area contributed by atoms with Gasteiger partial charge in [-0.25, -0.2) is 0 Å². The normalized spacial score (nSPS) is 24.2. The second-order valence-corrected chi connectivity index (χ2v) is 7.22. The average Bonchev–Trinajstić information content (AvgIpc) is 2.65. The molecule has 1 aromatic carbocycles. The van der Waals surface area contributed by atoms with E-state index >= 15 is 0 Å². The lowest BCUT2D eigenvalue weighted by molar-refractivity contribution is -0.134. The summed E-state index contributed by atoms with van der Waals surface area (Å²) in [6, 6.07) is 4.89. The van der Waals surface area contributed by atoms with Gasteiger partial charge in [-0.15, -0.1) is 0 Å². The smallest absolute Gasteiger partial charge is 0.257 e. The maximum absolute atomic E-state index is 13.0. The Morgan fingerprint density at radius 1 is 1.29 bits per heavy atom. The van der Waals surface area contributed by atoms with E-state index in [2.05, 4.69) is 10.6 Å². The number of nitrogens with zero attached hydrogens (tertiary/aromatic N) is 1. The highest BCUT2D eigenvalue weighted by Gasteiger charge is 2.39. The lowest BCUT2D eigenvalue weighted by atomic mass is 9.94. The molecule has 0 aromatic heterocycles. The summed E-state index contributed by atoms with van der Waals surface area (Å²) in [5, 5.41) is 5.48. The molecular weight excluding hydrogens is 362 g/mol. The molecule has 8 nitrogen and oxygen atoms in total. The quantitative estimate of drug-likeness (QED) is 0.814.